The fourth-order valence-corrected chi connectivity index (χ4v) is 4.52. The highest BCUT2D eigenvalue weighted by molar-refractivity contribution is 6.39. The van der Waals surface area contributed by atoms with E-state index in [1.807, 2.05) is 30.3 Å². The van der Waals surface area contributed by atoms with Crippen molar-refractivity contribution in [2.45, 2.75) is 13.2 Å². The van der Waals surface area contributed by atoms with Gasteiger partial charge in [0.2, 0.25) is 0 Å². The van der Waals surface area contributed by atoms with Crippen molar-refractivity contribution in [2.75, 3.05) is 4.90 Å². The lowest BCUT2D eigenvalue weighted by Crippen LogP contribution is -2.54. The van der Waals surface area contributed by atoms with Crippen LogP contribution in [0.3, 0.4) is 0 Å². The zero-order chi connectivity index (χ0) is 28.9. The molecule has 1 aliphatic rings. The van der Waals surface area contributed by atoms with E-state index in [0.717, 1.165) is 16.0 Å². The molecule has 10 heteroatoms. The van der Waals surface area contributed by atoms with Gasteiger partial charge in [-0.05, 0) is 72.3 Å². The van der Waals surface area contributed by atoms with Crippen molar-refractivity contribution in [1.29, 1.82) is 0 Å². The molecule has 0 radical (unpaired) electrons. The highest BCUT2D eigenvalue weighted by Crippen LogP contribution is 2.30. The monoisotopic (exact) mass is 606 g/mol. The Balaban J connectivity index is 1.36. The van der Waals surface area contributed by atoms with Crippen molar-refractivity contribution in [3.8, 4) is 11.5 Å². The van der Waals surface area contributed by atoms with Gasteiger partial charge >= 0.3 is 6.03 Å². The van der Waals surface area contributed by atoms with Crippen LogP contribution in [0.5, 0.6) is 11.5 Å². The Labute approximate surface area is 250 Å². The summed E-state index contributed by atoms with van der Waals surface area (Å²) >= 11 is 18.4. The van der Waals surface area contributed by atoms with E-state index >= 15 is 0 Å². The molecule has 0 unspecified atom stereocenters. The molecule has 4 amide bonds. The Bertz CT molecular complexity index is 1650. The number of hydrogen-bond donors (Lipinski definition) is 1. The van der Waals surface area contributed by atoms with Crippen LogP contribution in [0.25, 0.3) is 6.08 Å². The molecule has 0 aromatic heterocycles. The highest BCUT2D eigenvalue weighted by atomic mass is 35.5. The third-order valence-electron chi connectivity index (χ3n) is 6.13. The molecule has 0 saturated carbocycles. The molecule has 1 heterocycles. The first-order valence-corrected chi connectivity index (χ1v) is 13.5. The van der Waals surface area contributed by atoms with Gasteiger partial charge in [-0.1, -0.05) is 65.1 Å². The predicted octanol–water partition coefficient (Wildman–Crippen LogP) is 7.47. The fraction of sp³-hybridized carbons (Fsp3) is 0.0645. The number of anilines is 1. The molecular formula is C31H21Cl3N2O5. The van der Waals surface area contributed by atoms with E-state index in [0.29, 0.717) is 38.7 Å². The second-order valence-corrected chi connectivity index (χ2v) is 10.2. The fourth-order valence-electron chi connectivity index (χ4n) is 4.02. The topological polar surface area (TPSA) is 84.9 Å². The van der Waals surface area contributed by atoms with Crippen LogP contribution in [-0.2, 0) is 22.8 Å². The number of nitrogens with one attached hydrogen (secondary N) is 1. The molecule has 1 saturated heterocycles. The molecule has 0 bridgehead atoms. The Morgan fingerprint density at radius 1 is 0.756 bits per heavy atom. The van der Waals surface area contributed by atoms with Crippen LogP contribution in [0.4, 0.5) is 10.5 Å². The van der Waals surface area contributed by atoms with E-state index in [4.69, 9.17) is 44.3 Å². The zero-order valence-electron chi connectivity index (χ0n) is 21.3. The number of carbonyl (C=O) groups excluding carboxylic acids is 3. The number of nitrogens with zero attached hydrogens (tertiary/aromatic N) is 1. The Morgan fingerprint density at radius 3 is 2.20 bits per heavy atom. The molecule has 4 aromatic rings. The van der Waals surface area contributed by atoms with Crippen LogP contribution in [0.2, 0.25) is 15.1 Å². The van der Waals surface area contributed by atoms with Crippen molar-refractivity contribution in [1.82, 2.24) is 5.32 Å². The molecule has 5 rings (SSSR count). The first-order chi connectivity index (χ1) is 19.8. The first-order valence-electron chi connectivity index (χ1n) is 12.3. The Morgan fingerprint density at radius 2 is 1.46 bits per heavy atom. The van der Waals surface area contributed by atoms with Crippen LogP contribution in [0.15, 0.2) is 96.6 Å². The number of barbiturate groups is 1. The molecular weight excluding hydrogens is 587 g/mol. The molecule has 206 valence electrons. The van der Waals surface area contributed by atoms with E-state index < -0.39 is 17.8 Å². The molecule has 0 aliphatic carbocycles. The largest absolute Gasteiger partial charge is 0.489 e. The van der Waals surface area contributed by atoms with E-state index in [1.165, 1.54) is 6.08 Å². The van der Waals surface area contributed by atoms with E-state index in [1.54, 1.807) is 60.7 Å². The smallest absolute Gasteiger partial charge is 0.335 e. The predicted molar refractivity (Wildman–Crippen MR) is 158 cm³/mol. The van der Waals surface area contributed by atoms with Gasteiger partial charge in [-0.15, -0.1) is 0 Å². The Hall–Kier alpha value is -4.30. The minimum absolute atomic E-state index is 0.147. The molecule has 7 nitrogen and oxygen atoms in total. The van der Waals surface area contributed by atoms with Gasteiger partial charge in [-0.2, -0.15) is 0 Å². The van der Waals surface area contributed by atoms with Gasteiger partial charge in [0.15, 0.2) is 0 Å². The molecule has 0 spiro atoms. The van der Waals surface area contributed by atoms with Gasteiger partial charge in [-0.3, -0.25) is 14.9 Å². The Kier molecular flexibility index (Phi) is 8.59. The summed E-state index contributed by atoms with van der Waals surface area (Å²) in [7, 11) is 0. The van der Waals surface area contributed by atoms with Gasteiger partial charge in [0.25, 0.3) is 11.8 Å². The lowest BCUT2D eigenvalue weighted by Gasteiger charge is -2.26. The molecule has 1 N–H and O–H groups in total. The van der Waals surface area contributed by atoms with Crippen molar-refractivity contribution < 1.29 is 23.9 Å². The lowest BCUT2D eigenvalue weighted by molar-refractivity contribution is -0.122. The minimum Gasteiger partial charge on any atom is -0.489 e. The van der Waals surface area contributed by atoms with Crippen LogP contribution < -0.4 is 19.7 Å². The van der Waals surface area contributed by atoms with Crippen molar-refractivity contribution >= 4 is 64.4 Å². The number of hydrogen-bond acceptors (Lipinski definition) is 5. The molecule has 41 heavy (non-hydrogen) atoms. The summed E-state index contributed by atoms with van der Waals surface area (Å²) in [5.41, 5.74) is 2.05. The van der Waals surface area contributed by atoms with Crippen molar-refractivity contribution in [2.24, 2.45) is 0 Å². The van der Waals surface area contributed by atoms with Crippen molar-refractivity contribution in [3.05, 3.63) is 128 Å². The van der Waals surface area contributed by atoms with Gasteiger partial charge < -0.3 is 9.47 Å². The lowest BCUT2D eigenvalue weighted by atomic mass is 10.1. The minimum atomic E-state index is -0.867. The second kappa shape index (κ2) is 12.5. The number of rotatable bonds is 8. The van der Waals surface area contributed by atoms with Crippen LogP contribution in [0.1, 0.15) is 16.7 Å². The molecule has 1 aliphatic heterocycles. The maximum absolute atomic E-state index is 13.4. The quantitative estimate of drug-likeness (QED) is 0.166. The molecule has 0 atom stereocenters. The summed E-state index contributed by atoms with van der Waals surface area (Å²) in [5, 5.41) is 3.76. The summed E-state index contributed by atoms with van der Waals surface area (Å²) in [6.07, 6.45) is 1.34. The average molecular weight is 608 g/mol. The number of halogens is 3. The highest BCUT2D eigenvalue weighted by Gasteiger charge is 2.37. The van der Waals surface area contributed by atoms with E-state index in [-0.39, 0.29) is 17.9 Å². The number of imide groups is 2. The van der Waals surface area contributed by atoms with Gasteiger partial charge in [0.1, 0.15) is 30.3 Å². The third kappa shape index (κ3) is 6.72. The van der Waals surface area contributed by atoms with Crippen molar-refractivity contribution in [3.63, 3.8) is 0 Å². The summed E-state index contributed by atoms with van der Waals surface area (Å²) in [6, 6.07) is 24.8. The summed E-state index contributed by atoms with van der Waals surface area (Å²) in [6.45, 7) is 0.455. The second-order valence-electron chi connectivity index (χ2n) is 8.93. The van der Waals surface area contributed by atoms with Crippen LogP contribution in [0, 0.1) is 0 Å². The number of benzene rings is 4. The van der Waals surface area contributed by atoms with E-state index in [9.17, 15) is 14.4 Å². The van der Waals surface area contributed by atoms with Gasteiger partial charge in [-0.25, -0.2) is 9.69 Å². The molecule has 4 aromatic carbocycles. The summed E-state index contributed by atoms with van der Waals surface area (Å²) in [4.78, 5) is 39.8. The van der Waals surface area contributed by atoms with Gasteiger partial charge in [0.05, 0.1) is 5.69 Å². The standard InChI is InChI=1S/C31H21Cl3N2O5/c32-22-7-5-19(6-8-22)17-40-25-12-10-24(11-13-25)36-30(38)26(29(37)35-31(36)39)16-21-15-23(33)9-14-28(21)41-18-20-3-1-2-4-27(20)34/h1-16H,17-18H2,(H,35,37,39)/b26-16+. The summed E-state index contributed by atoms with van der Waals surface area (Å²) in [5.74, 6) is -0.741. The first kappa shape index (κ1) is 28.2. The zero-order valence-corrected chi connectivity index (χ0v) is 23.5. The summed E-state index contributed by atoms with van der Waals surface area (Å²) < 4.78 is 11.7. The number of amides is 4. The third-order valence-corrected chi connectivity index (χ3v) is 6.98. The normalized spacial score (nSPS) is 14.3. The van der Waals surface area contributed by atoms with Crippen LogP contribution in [-0.4, -0.2) is 17.8 Å². The van der Waals surface area contributed by atoms with Crippen LogP contribution >= 0.6 is 34.8 Å². The SMILES string of the molecule is O=C1NC(=O)N(c2ccc(OCc3ccc(Cl)cc3)cc2)C(=O)/C1=C/c1cc(Cl)ccc1OCc1ccccc1Cl. The maximum Gasteiger partial charge on any atom is 0.335 e. The molecule has 1 fully saturated rings. The number of ether oxygens (including phenoxy) is 2. The van der Waals surface area contributed by atoms with E-state index in [2.05, 4.69) is 5.32 Å². The number of carbonyl (C=O) groups is 3. The number of urea groups is 1. The van der Waals surface area contributed by atoms with Gasteiger partial charge in [0, 0.05) is 26.2 Å². The average Bonchev–Trinajstić information content (AvgIpc) is 2.96. The maximum atomic E-state index is 13.4.